The molecule has 0 saturated carbocycles. The lowest BCUT2D eigenvalue weighted by molar-refractivity contribution is -0.142. The zero-order valence-corrected chi connectivity index (χ0v) is 16.1. The smallest absolute Gasteiger partial charge is 0.411 e. The summed E-state index contributed by atoms with van der Waals surface area (Å²) in [5.41, 5.74) is 0.681. The van der Waals surface area contributed by atoms with Gasteiger partial charge in [0.2, 0.25) is 0 Å². The van der Waals surface area contributed by atoms with Crippen LogP contribution in [0.15, 0.2) is 16.7 Å². The van der Waals surface area contributed by atoms with Crippen molar-refractivity contribution in [2.24, 2.45) is 0 Å². The van der Waals surface area contributed by atoms with Gasteiger partial charge >= 0.3 is 12.1 Å². The highest BCUT2D eigenvalue weighted by molar-refractivity contribution is 9.10. The maximum Gasteiger partial charge on any atom is 0.411 e. The van der Waals surface area contributed by atoms with Crippen LogP contribution in [-0.4, -0.2) is 49.7 Å². The highest BCUT2D eigenvalue weighted by Crippen LogP contribution is 2.21. The summed E-state index contributed by atoms with van der Waals surface area (Å²) < 4.78 is 33.6. The van der Waals surface area contributed by atoms with Crippen LogP contribution in [-0.2, 0) is 30.5 Å². The zero-order chi connectivity index (χ0) is 18.4. The Bertz CT molecular complexity index is 738. The van der Waals surface area contributed by atoms with Gasteiger partial charge in [-0.1, -0.05) is 0 Å². The topological polar surface area (TPSA) is 112 Å². The molecule has 1 aliphatic heterocycles. The summed E-state index contributed by atoms with van der Waals surface area (Å²) in [7, 11) is -3.02. The minimum Gasteiger partial charge on any atom is -0.466 e. The first-order chi connectivity index (χ1) is 11.8. The Hall–Kier alpha value is -1.68. The number of esters is 1. The van der Waals surface area contributed by atoms with Crippen LogP contribution in [0.5, 0.6) is 0 Å². The second kappa shape index (κ2) is 8.61. The van der Waals surface area contributed by atoms with Crippen LogP contribution in [0.25, 0.3) is 0 Å². The molecular weight excluding hydrogens is 416 g/mol. The van der Waals surface area contributed by atoms with E-state index in [1.54, 1.807) is 13.0 Å². The summed E-state index contributed by atoms with van der Waals surface area (Å²) >= 11 is 3.26. The molecule has 0 unspecified atom stereocenters. The van der Waals surface area contributed by atoms with Gasteiger partial charge in [-0.25, -0.2) is 13.2 Å². The summed E-state index contributed by atoms with van der Waals surface area (Å²) in [6, 6.07) is 1.61. The third kappa shape index (κ3) is 6.28. The normalized spacial score (nSPS) is 16.9. The van der Waals surface area contributed by atoms with Crippen molar-refractivity contribution in [3.05, 3.63) is 22.4 Å². The lowest BCUT2D eigenvalue weighted by Crippen LogP contribution is -2.32. The lowest BCUT2D eigenvalue weighted by Gasteiger charge is -2.22. The molecule has 1 amide bonds. The molecule has 0 aliphatic carbocycles. The fourth-order valence-electron chi connectivity index (χ4n) is 2.34. The minimum absolute atomic E-state index is 0.0114. The van der Waals surface area contributed by atoms with Gasteiger partial charge in [-0.15, -0.1) is 0 Å². The second-order valence-electron chi connectivity index (χ2n) is 5.51. The summed E-state index contributed by atoms with van der Waals surface area (Å²) in [6.07, 6.45) is 0.825. The van der Waals surface area contributed by atoms with E-state index < -0.39 is 28.0 Å². The van der Waals surface area contributed by atoms with E-state index in [0.29, 0.717) is 15.9 Å². The largest absolute Gasteiger partial charge is 0.466 e. The predicted octanol–water partition coefficient (Wildman–Crippen LogP) is 2.08. The van der Waals surface area contributed by atoms with Gasteiger partial charge in [-0.05, 0) is 41.8 Å². The number of nitrogens with zero attached hydrogens (tertiary/aromatic N) is 1. The Morgan fingerprint density at radius 2 is 2.04 bits per heavy atom. The first-order valence-corrected chi connectivity index (χ1v) is 10.4. The molecular formula is C15H19BrN2O6S. The number of carbonyl (C=O) groups excluding carboxylic acids is 2. The number of aromatic nitrogens is 1. The van der Waals surface area contributed by atoms with Gasteiger partial charge in [0.1, 0.15) is 6.10 Å². The molecule has 1 saturated heterocycles. The molecule has 138 valence electrons. The minimum atomic E-state index is -3.02. The molecule has 1 N–H and O–H groups in total. The van der Waals surface area contributed by atoms with E-state index in [4.69, 9.17) is 9.47 Å². The van der Waals surface area contributed by atoms with Crippen molar-refractivity contribution < 1.29 is 27.5 Å². The molecule has 1 aromatic heterocycles. The van der Waals surface area contributed by atoms with Gasteiger partial charge in [-0.3, -0.25) is 15.1 Å². The number of anilines is 1. The van der Waals surface area contributed by atoms with E-state index >= 15 is 0 Å². The maximum absolute atomic E-state index is 12.1. The van der Waals surface area contributed by atoms with Crippen molar-refractivity contribution >= 4 is 43.5 Å². The third-order valence-corrected chi connectivity index (χ3v) is 5.72. The molecule has 1 aliphatic rings. The van der Waals surface area contributed by atoms with Crippen LogP contribution < -0.4 is 5.32 Å². The van der Waals surface area contributed by atoms with E-state index in [1.165, 1.54) is 6.20 Å². The first-order valence-electron chi connectivity index (χ1n) is 7.77. The number of nitrogens with one attached hydrogen (secondary N) is 1. The molecule has 8 nitrogen and oxygen atoms in total. The van der Waals surface area contributed by atoms with Crippen molar-refractivity contribution in [2.75, 3.05) is 23.4 Å². The Balaban J connectivity index is 1.99. The number of hydrogen-bond acceptors (Lipinski definition) is 7. The molecule has 1 fully saturated rings. The Morgan fingerprint density at radius 3 is 2.68 bits per heavy atom. The molecule has 0 atom stereocenters. The molecule has 25 heavy (non-hydrogen) atoms. The van der Waals surface area contributed by atoms with Crippen LogP contribution in [0.1, 0.15) is 25.5 Å². The summed E-state index contributed by atoms with van der Waals surface area (Å²) in [4.78, 5) is 27.8. The Morgan fingerprint density at radius 1 is 1.36 bits per heavy atom. The summed E-state index contributed by atoms with van der Waals surface area (Å²) in [5, 5.41) is 2.56. The molecule has 2 rings (SSSR count). The number of rotatable bonds is 5. The van der Waals surface area contributed by atoms with E-state index in [0.717, 1.165) is 0 Å². The average molecular weight is 435 g/mol. The first kappa shape index (κ1) is 19.6. The van der Waals surface area contributed by atoms with Crippen molar-refractivity contribution in [3.63, 3.8) is 0 Å². The van der Waals surface area contributed by atoms with Crippen molar-refractivity contribution in [1.29, 1.82) is 0 Å². The fourth-order valence-corrected chi connectivity index (χ4v) is 4.12. The number of ether oxygens (including phenoxy) is 2. The van der Waals surface area contributed by atoms with Crippen molar-refractivity contribution in [1.82, 2.24) is 4.98 Å². The monoisotopic (exact) mass is 434 g/mol. The number of sulfone groups is 1. The average Bonchev–Trinajstić information content (AvgIpc) is 2.52. The standard InChI is InChI=1S/C15H19BrN2O6S/c1-2-23-14(19)8-12-13(7-10(16)9-17-12)18-15(20)24-11-3-5-25(21,22)6-4-11/h7,9,11H,2-6,8H2,1H3,(H,18,20). The number of halogens is 1. The molecule has 1 aromatic rings. The number of pyridine rings is 1. The van der Waals surface area contributed by atoms with Gasteiger partial charge in [0, 0.05) is 10.7 Å². The molecule has 0 spiro atoms. The summed E-state index contributed by atoms with van der Waals surface area (Å²) in [6.45, 7) is 1.96. The maximum atomic E-state index is 12.1. The zero-order valence-electron chi connectivity index (χ0n) is 13.7. The van der Waals surface area contributed by atoms with E-state index in [9.17, 15) is 18.0 Å². The van der Waals surface area contributed by atoms with E-state index in [2.05, 4.69) is 26.2 Å². The van der Waals surface area contributed by atoms with Crippen LogP contribution in [0.3, 0.4) is 0 Å². The predicted molar refractivity (Wildman–Crippen MR) is 94.1 cm³/mol. The number of carbonyl (C=O) groups is 2. The van der Waals surface area contributed by atoms with Gasteiger partial charge in [0.05, 0.1) is 35.9 Å². The van der Waals surface area contributed by atoms with E-state index in [1.807, 2.05) is 0 Å². The van der Waals surface area contributed by atoms with E-state index in [-0.39, 0.29) is 37.4 Å². The third-order valence-electron chi connectivity index (χ3n) is 3.57. The van der Waals surface area contributed by atoms with Crippen LogP contribution >= 0.6 is 15.9 Å². The van der Waals surface area contributed by atoms with Crippen LogP contribution in [0.4, 0.5) is 10.5 Å². The molecule has 0 aromatic carbocycles. The fraction of sp³-hybridized carbons (Fsp3) is 0.533. The SMILES string of the molecule is CCOC(=O)Cc1ncc(Br)cc1NC(=O)OC1CCS(=O)(=O)CC1. The Labute approximate surface area is 154 Å². The van der Waals surface area contributed by atoms with Crippen molar-refractivity contribution in [2.45, 2.75) is 32.3 Å². The molecule has 0 bridgehead atoms. The number of amides is 1. The van der Waals surface area contributed by atoms with Gasteiger partial charge in [-0.2, -0.15) is 0 Å². The number of hydrogen-bond donors (Lipinski definition) is 1. The van der Waals surface area contributed by atoms with Gasteiger partial charge < -0.3 is 9.47 Å². The highest BCUT2D eigenvalue weighted by atomic mass is 79.9. The highest BCUT2D eigenvalue weighted by Gasteiger charge is 2.26. The van der Waals surface area contributed by atoms with Gasteiger partial charge in [0.25, 0.3) is 0 Å². The summed E-state index contributed by atoms with van der Waals surface area (Å²) in [5.74, 6) is -0.430. The Kier molecular flexibility index (Phi) is 6.77. The second-order valence-corrected chi connectivity index (χ2v) is 8.73. The molecule has 0 radical (unpaired) electrons. The van der Waals surface area contributed by atoms with Crippen LogP contribution in [0.2, 0.25) is 0 Å². The van der Waals surface area contributed by atoms with Gasteiger partial charge in [0.15, 0.2) is 9.84 Å². The van der Waals surface area contributed by atoms with Crippen LogP contribution in [0, 0.1) is 0 Å². The molecule has 2 heterocycles. The molecule has 10 heteroatoms. The van der Waals surface area contributed by atoms with Crippen molar-refractivity contribution in [3.8, 4) is 0 Å². The lowest BCUT2D eigenvalue weighted by atomic mass is 10.2. The quantitative estimate of drug-likeness (QED) is 0.705.